The largest absolute Gasteiger partial charge is 0.294 e. The molecular formula is C23H20N2O3. The molecule has 28 heavy (non-hydrogen) atoms. The van der Waals surface area contributed by atoms with Crippen LogP contribution in [0.1, 0.15) is 65.4 Å². The van der Waals surface area contributed by atoms with Crippen molar-refractivity contribution in [3.05, 3.63) is 75.6 Å². The van der Waals surface area contributed by atoms with E-state index in [2.05, 4.69) is 24.0 Å². The smallest absolute Gasteiger partial charge is 0.208 e. The van der Waals surface area contributed by atoms with Gasteiger partial charge in [-0.3, -0.25) is 19.5 Å². The maximum absolute atomic E-state index is 13.3. The molecule has 5 heteroatoms. The number of carbonyl (C=O) groups is 3. The van der Waals surface area contributed by atoms with Crippen LogP contribution in [0.25, 0.3) is 0 Å². The highest BCUT2D eigenvalue weighted by atomic mass is 16.1. The number of ketones is 3. The standard InChI is InChI=1S/C23H20N2O3/c1-23(2)9-13-8-14-19(22(28)20-15(21(14)27)11-24-25-20)18(17(13)16(26)10-23)12-6-4-3-5-7-12/h3-7,11,18H,8-10H2,1-2H3,(H,24,25). The molecule has 1 N–H and O–H groups in total. The van der Waals surface area contributed by atoms with E-state index in [0.29, 0.717) is 35.1 Å². The first-order valence-electron chi connectivity index (χ1n) is 9.53. The number of allylic oxidation sites excluding steroid dienone is 4. The molecule has 0 bridgehead atoms. The van der Waals surface area contributed by atoms with Crippen molar-refractivity contribution in [1.82, 2.24) is 10.2 Å². The van der Waals surface area contributed by atoms with E-state index in [4.69, 9.17) is 0 Å². The predicted molar refractivity (Wildman–Crippen MR) is 103 cm³/mol. The number of fused-ring (bicyclic) bond motifs is 1. The van der Waals surface area contributed by atoms with E-state index < -0.39 is 5.92 Å². The third-order valence-electron chi connectivity index (χ3n) is 6.07. The Labute approximate surface area is 162 Å². The van der Waals surface area contributed by atoms with Crippen molar-refractivity contribution in [1.29, 1.82) is 0 Å². The first kappa shape index (κ1) is 17.0. The number of carbonyl (C=O) groups excluding carboxylic acids is 3. The summed E-state index contributed by atoms with van der Waals surface area (Å²) in [5, 5.41) is 6.60. The Morgan fingerprint density at radius 2 is 1.75 bits per heavy atom. The molecule has 1 aromatic carbocycles. The molecule has 5 nitrogen and oxygen atoms in total. The van der Waals surface area contributed by atoms with Gasteiger partial charge in [-0.05, 0) is 23.8 Å². The minimum Gasteiger partial charge on any atom is -0.294 e. The van der Waals surface area contributed by atoms with Crippen LogP contribution in [0.4, 0.5) is 0 Å². The lowest BCUT2D eigenvalue weighted by Crippen LogP contribution is -2.36. The fraction of sp³-hybridized carbons (Fsp3) is 0.304. The highest BCUT2D eigenvalue weighted by molar-refractivity contribution is 6.28. The Morgan fingerprint density at radius 1 is 1.00 bits per heavy atom. The van der Waals surface area contributed by atoms with Crippen molar-refractivity contribution in [3.63, 3.8) is 0 Å². The summed E-state index contributed by atoms with van der Waals surface area (Å²) in [6.45, 7) is 4.16. The Bertz CT molecular complexity index is 1120. The molecule has 0 spiro atoms. The van der Waals surface area contributed by atoms with E-state index in [1.165, 1.54) is 6.20 Å². The maximum atomic E-state index is 13.3. The molecule has 1 aromatic heterocycles. The van der Waals surface area contributed by atoms with Crippen LogP contribution in [0.2, 0.25) is 0 Å². The van der Waals surface area contributed by atoms with E-state index in [1.807, 2.05) is 30.3 Å². The zero-order valence-electron chi connectivity index (χ0n) is 15.8. The second-order valence-corrected chi connectivity index (χ2v) is 8.69. The number of nitrogens with zero attached hydrogens (tertiary/aromatic N) is 1. The Hall–Kier alpha value is -3.08. The molecule has 1 atom stereocenters. The van der Waals surface area contributed by atoms with Gasteiger partial charge in [0.2, 0.25) is 5.78 Å². The van der Waals surface area contributed by atoms with Crippen LogP contribution in [-0.2, 0) is 4.79 Å². The van der Waals surface area contributed by atoms with Crippen LogP contribution >= 0.6 is 0 Å². The van der Waals surface area contributed by atoms with E-state index in [0.717, 1.165) is 17.6 Å². The average molecular weight is 372 g/mol. The van der Waals surface area contributed by atoms with Gasteiger partial charge in [-0.15, -0.1) is 0 Å². The molecular weight excluding hydrogens is 352 g/mol. The molecule has 0 saturated heterocycles. The van der Waals surface area contributed by atoms with Gasteiger partial charge in [0, 0.05) is 29.1 Å². The summed E-state index contributed by atoms with van der Waals surface area (Å²) >= 11 is 0. The van der Waals surface area contributed by atoms with Gasteiger partial charge in [-0.2, -0.15) is 5.10 Å². The van der Waals surface area contributed by atoms with Crippen LogP contribution < -0.4 is 0 Å². The average Bonchev–Trinajstić information content (AvgIpc) is 3.14. The van der Waals surface area contributed by atoms with E-state index in [-0.39, 0.29) is 28.5 Å². The zero-order valence-corrected chi connectivity index (χ0v) is 15.8. The number of benzene rings is 1. The van der Waals surface area contributed by atoms with Gasteiger partial charge in [0.25, 0.3) is 0 Å². The molecule has 0 saturated carbocycles. The lowest BCUT2D eigenvalue weighted by atomic mass is 9.62. The summed E-state index contributed by atoms with van der Waals surface area (Å²) in [4.78, 5) is 39.7. The van der Waals surface area contributed by atoms with Crippen molar-refractivity contribution in [2.24, 2.45) is 5.41 Å². The van der Waals surface area contributed by atoms with Crippen molar-refractivity contribution in [3.8, 4) is 0 Å². The summed E-state index contributed by atoms with van der Waals surface area (Å²) in [6.07, 6.45) is 3.01. The molecule has 1 unspecified atom stereocenters. The van der Waals surface area contributed by atoms with Gasteiger partial charge in [0.15, 0.2) is 11.6 Å². The summed E-state index contributed by atoms with van der Waals surface area (Å²) in [5.41, 5.74) is 3.99. The van der Waals surface area contributed by atoms with Crippen LogP contribution in [0.5, 0.6) is 0 Å². The number of rotatable bonds is 1. The molecule has 2 aromatic rings. The molecule has 0 radical (unpaired) electrons. The molecule has 3 aliphatic rings. The minimum atomic E-state index is -0.489. The van der Waals surface area contributed by atoms with Crippen molar-refractivity contribution in [2.75, 3.05) is 0 Å². The third-order valence-corrected chi connectivity index (χ3v) is 6.07. The highest BCUT2D eigenvalue weighted by Crippen LogP contribution is 2.52. The van der Waals surface area contributed by atoms with Crippen LogP contribution in [-0.4, -0.2) is 27.5 Å². The van der Waals surface area contributed by atoms with Gasteiger partial charge >= 0.3 is 0 Å². The molecule has 1 heterocycles. The fourth-order valence-corrected chi connectivity index (χ4v) is 4.99. The number of Topliss-reactive ketones (excluding diaryl/α,β-unsaturated/α-hetero) is 3. The normalized spacial score (nSPS) is 23.5. The first-order chi connectivity index (χ1) is 13.4. The van der Waals surface area contributed by atoms with Gasteiger partial charge in [-0.25, -0.2) is 0 Å². The van der Waals surface area contributed by atoms with E-state index in [1.54, 1.807) is 0 Å². The van der Waals surface area contributed by atoms with Gasteiger partial charge < -0.3 is 0 Å². The van der Waals surface area contributed by atoms with Gasteiger partial charge in [0.05, 0.1) is 11.8 Å². The SMILES string of the molecule is CC1(C)CC(=O)C2=C(CC3=C(C(=O)c4[nH]ncc4C3=O)C2c2ccccc2)C1. The monoisotopic (exact) mass is 372 g/mol. The van der Waals surface area contributed by atoms with Crippen molar-refractivity contribution in [2.45, 2.75) is 39.0 Å². The highest BCUT2D eigenvalue weighted by Gasteiger charge is 2.47. The second kappa shape index (κ2) is 5.71. The first-order valence-corrected chi connectivity index (χ1v) is 9.53. The summed E-state index contributed by atoms with van der Waals surface area (Å²) < 4.78 is 0. The number of H-pyrrole nitrogens is 1. The Morgan fingerprint density at radius 3 is 2.50 bits per heavy atom. The number of hydrogen-bond donors (Lipinski definition) is 1. The van der Waals surface area contributed by atoms with Crippen LogP contribution in [0, 0.1) is 5.41 Å². The second-order valence-electron chi connectivity index (χ2n) is 8.69. The lowest BCUT2D eigenvalue weighted by Gasteiger charge is -2.40. The summed E-state index contributed by atoms with van der Waals surface area (Å²) in [5.74, 6) is -0.777. The van der Waals surface area contributed by atoms with Gasteiger partial charge in [-0.1, -0.05) is 49.8 Å². The molecule has 3 aliphatic carbocycles. The lowest BCUT2D eigenvalue weighted by molar-refractivity contribution is -0.118. The number of nitrogens with one attached hydrogen (secondary N) is 1. The topological polar surface area (TPSA) is 79.9 Å². The van der Waals surface area contributed by atoms with Gasteiger partial charge in [0.1, 0.15) is 5.69 Å². The minimum absolute atomic E-state index is 0.0855. The number of aromatic amines is 1. The molecule has 5 rings (SSSR count). The summed E-state index contributed by atoms with van der Waals surface area (Å²) in [6, 6.07) is 9.57. The molecule has 140 valence electrons. The van der Waals surface area contributed by atoms with Crippen LogP contribution in [0.3, 0.4) is 0 Å². The molecule has 0 fully saturated rings. The number of aromatic nitrogens is 2. The predicted octanol–water partition coefficient (Wildman–Crippen LogP) is 3.96. The fourth-order valence-electron chi connectivity index (χ4n) is 4.99. The molecule has 0 amide bonds. The van der Waals surface area contributed by atoms with Crippen molar-refractivity contribution >= 4 is 17.3 Å². The Kier molecular flexibility index (Phi) is 3.48. The van der Waals surface area contributed by atoms with E-state index in [9.17, 15) is 14.4 Å². The summed E-state index contributed by atoms with van der Waals surface area (Å²) in [7, 11) is 0. The third kappa shape index (κ3) is 2.32. The molecule has 0 aliphatic heterocycles. The number of hydrogen-bond acceptors (Lipinski definition) is 4. The van der Waals surface area contributed by atoms with Crippen molar-refractivity contribution < 1.29 is 14.4 Å². The maximum Gasteiger partial charge on any atom is 0.208 e. The Balaban J connectivity index is 1.76. The van der Waals surface area contributed by atoms with Crippen LogP contribution in [0.15, 0.2) is 58.8 Å². The zero-order chi connectivity index (χ0) is 19.6. The quantitative estimate of drug-likeness (QED) is 0.822. The van der Waals surface area contributed by atoms with E-state index >= 15 is 0 Å².